The number of aliphatic hydroxyl groups is 1. The molecule has 1 aromatic carbocycles. The van der Waals surface area contributed by atoms with Gasteiger partial charge in [0, 0.05) is 14.1 Å². The van der Waals surface area contributed by atoms with Gasteiger partial charge in [-0.25, -0.2) is 28.3 Å². The van der Waals surface area contributed by atoms with Crippen molar-refractivity contribution in [2.45, 2.75) is 70.6 Å². The Bertz CT molecular complexity index is 1470. The number of benzene rings is 1. The molecule has 16 heteroatoms. The number of hydrogen-bond donors (Lipinski definition) is 2. The standard InChI is InChI=1S/C26H35F2N6O7P/c1-15(2)39-22(35)16(3)32-42(37,41-18-11-9-8-10-12-18)38-13-26(28)23(36)25(5,27)24(40-26)34-14-29-19-20(33(6)7)30-17(4)31-21(19)34/h8-12,14-16,23-24,36H,13H2,1-7H3,(H,32,37)/t16-,23-,24+,25+,26+,42?/m0/s1. The summed E-state index contributed by atoms with van der Waals surface area (Å²) in [4.78, 5) is 27.0. The summed E-state index contributed by atoms with van der Waals surface area (Å²) >= 11 is 0. The van der Waals surface area contributed by atoms with E-state index >= 15 is 8.78 Å². The molecule has 3 aromatic rings. The van der Waals surface area contributed by atoms with Crippen LogP contribution in [0.4, 0.5) is 14.6 Å². The van der Waals surface area contributed by atoms with Gasteiger partial charge in [0.2, 0.25) is 0 Å². The molecule has 0 bridgehead atoms. The highest BCUT2D eigenvalue weighted by Crippen LogP contribution is 2.52. The van der Waals surface area contributed by atoms with Gasteiger partial charge < -0.3 is 24.0 Å². The third-order valence-corrected chi connectivity index (χ3v) is 8.01. The van der Waals surface area contributed by atoms with Gasteiger partial charge in [-0.3, -0.25) is 13.9 Å². The van der Waals surface area contributed by atoms with Crippen molar-refractivity contribution in [3.63, 3.8) is 0 Å². The lowest BCUT2D eigenvalue weighted by Gasteiger charge is -2.28. The number of carbonyl (C=O) groups excluding carboxylic acids is 1. The van der Waals surface area contributed by atoms with E-state index in [9.17, 15) is 14.5 Å². The van der Waals surface area contributed by atoms with Crippen molar-refractivity contribution >= 4 is 30.7 Å². The number of aryl methyl sites for hydroxylation is 1. The van der Waals surface area contributed by atoms with Gasteiger partial charge in [0.1, 0.15) is 24.2 Å². The van der Waals surface area contributed by atoms with Crippen LogP contribution in [0.3, 0.4) is 0 Å². The summed E-state index contributed by atoms with van der Waals surface area (Å²) in [6.07, 6.45) is -3.41. The van der Waals surface area contributed by atoms with Crippen LogP contribution in [0.15, 0.2) is 36.7 Å². The number of nitrogens with zero attached hydrogens (tertiary/aromatic N) is 5. The van der Waals surface area contributed by atoms with Gasteiger partial charge in [-0.2, -0.15) is 5.09 Å². The number of ether oxygens (including phenoxy) is 2. The fourth-order valence-electron chi connectivity index (χ4n) is 4.36. The quantitative estimate of drug-likeness (QED) is 0.241. The fraction of sp³-hybridized carbons (Fsp3) is 0.538. The van der Waals surface area contributed by atoms with Crippen molar-refractivity contribution in [3.05, 3.63) is 42.5 Å². The van der Waals surface area contributed by atoms with Crippen LogP contribution in [0.25, 0.3) is 11.2 Å². The first-order valence-corrected chi connectivity index (χ1v) is 14.7. The monoisotopic (exact) mass is 612 g/mol. The molecule has 42 heavy (non-hydrogen) atoms. The minimum Gasteiger partial charge on any atom is -0.462 e. The maximum atomic E-state index is 16.3. The maximum absolute atomic E-state index is 16.3. The minimum atomic E-state index is -4.55. The van der Waals surface area contributed by atoms with Crippen molar-refractivity contribution in [2.75, 3.05) is 25.6 Å². The Hall–Kier alpha value is -3.23. The van der Waals surface area contributed by atoms with E-state index in [1.165, 1.54) is 25.4 Å². The van der Waals surface area contributed by atoms with Gasteiger partial charge in [-0.1, -0.05) is 18.2 Å². The average Bonchev–Trinajstić information content (AvgIpc) is 3.39. The van der Waals surface area contributed by atoms with E-state index in [0.29, 0.717) is 17.2 Å². The van der Waals surface area contributed by atoms with Crippen LogP contribution >= 0.6 is 7.75 Å². The van der Waals surface area contributed by atoms with Gasteiger partial charge in [0.05, 0.1) is 12.4 Å². The predicted octanol–water partition coefficient (Wildman–Crippen LogP) is 3.62. The minimum absolute atomic E-state index is 0.0726. The zero-order valence-corrected chi connectivity index (χ0v) is 25.2. The molecule has 13 nitrogen and oxygen atoms in total. The van der Waals surface area contributed by atoms with E-state index in [0.717, 1.165) is 11.5 Å². The number of imidazole rings is 1. The Labute approximate surface area is 241 Å². The van der Waals surface area contributed by atoms with E-state index in [1.54, 1.807) is 58.0 Å². The van der Waals surface area contributed by atoms with Crippen LogP contribution in [-0.4, -0.2) is 81.1 Å². The second-order valence-corrected chi connectivity index (χ2v) is 12.3. The van der Waals surface area contributed by atoms with E-state index in [1.807, 2.05) is 0 Å². The number of hydrogen-bond acceptors (Lipinski definition) is 11. The molecule has 4 rings (SSSR count). The zero-order valence-electron chi connectivity index (χ0n) is 24.3. The average molecular weight is 613 g/mol. The van der Waals surface area contributed by atoms with Crippen LogP contribution < -0.4 is 14.5 Å². The van der Waals surface area contributed by atoms with Crippen molar-refractivity contribution in [3.8, 4) is 5.75 Å². The number of esters is 1. The molecule has 1 unspecified atom stereocenters. The summed E-state index contributed by atoms with van der Waals surface area (Å²) in [6, 6.07) is 6.59. The van der Waals surface area contributed by atoms with Gasteiger partial charge in [0.25, 0.3) is 5.85 Å². The summed E-state index contributed by atoms with van der Waals surface area (Å²) in [5.74, 6) is -3.12. The van der Waals surface area contributed by atoms with Crippen LogP contribution in [0.1, 0.15) is 39.7 Å². The first kappa shape index (κ1) is 31.7. The SMILES string of the molecule is Cc1nc(N(C)C)c2ncn([C@@H]3O[C@](F)(COP(=O)(N[C@@H](C)C(=O)OC(C)C)Oc4ccccc4)[C@@H](O)[C@@]3(C)F)c2n1. The Morgan fingerprint density at radius 3 is 2.52 bits per heavy atom. The van der Waals surface area contributed by atoms with Gasteiger partial charge in [0.15, 0.2) is 35.0 Å². The number of para-hydroxylation sites is 1. The predicted molar refractivity (Wildman–Crippen MR) is 148 cm³/mol. The Balaban J connectivity index is 1.62. The molecule has 1 aliphatic heterocycles. The summed E-state index contributed by atoms with van der Waals surface area (Å²) in [5.41, 5.74) is -2.27. The Kier molecular flexibility index (Phi) is 8.91. The molecular weight excluding hydrogens is 577 g/mol. The van der Waals surface area contributed by atoms with Crippen LogP contribution in [0.5, 0.6) is 5.75 Å². The van der Waals surface area contributed by atoms with Crippen LogP contribution in [0.2, 0.25) is 0 Å². The number of rotatable bonds is 11. The topological polar surface area (TPSA) is 150 Å². The lowest BCUT2D eigenvalue weighted by Crippen LogP contribution is -2.47. The normalized spacial score (nSPS) is 26.3. The van der Waals surface area contributed by atoms with E-state index in [2.05, 4.69) is 20.0 Å². The van der Waals surface area contributed by atoms with Crippen molar-refractivity contribution in [1.82, 2.24) is 24.6 Å². The molecule has 0 spiro atoms. The highest BCUT2D eigenvalue weighted by Gasteiger charge is 2.65. The molecule has 0 amide bonds. The summed E-state index contributed by atoms with van der Waals surface area (Å²) < 4.78 is 68.7. The molecule has 1 fully saturated rings. The largest absolute Gasteiger partial charge is 0.462 e. The smallest absolute Gasteiger partial charge is 0.459 e. The van der Waals surface area contributed by atoms with Crippen molar-refractivity contribution in [1.29, 1.82) is 0 Å². The van der Waals surface area contributed by atoms with Gasteiger partial charge >= 0.3 is 13.7 Å². The van der Waals surface area contributed by atoms with E-state index in [4.69, 9.17) is 18.5 Å². The summed E-state index contributed by atoms with van der Waals surface area (Å²) in [6.45, 7) is 5.97. The summed E-state index contributed by atoms with van der Waals surface area (Å²) in [5, 5.41) is 13.2. The first-order valence-electron chi connectivity index (χ1n) is 13.2. The highest BCUT2D eigenvalue weighted by molar-refractivity contribution is 7.52. The molecule has 6 atom stereocenters. The lowest BCUT2D eigenvalue weighted by atomic mass is 9.97. The molecule has 2 N–H and O–H groups in total. The fourth-order valence-corrected chi connectivity index (χ4v) is 5.87. The first-order chi connectivity index (χ1) is 19.6. The zero-order chi connectivity index (χ0) is 31.0. The number of carbonyl (C=O) groups is 1. The molecule has 1 saturated heterocycles. The van der Waals surface area contributed by atoms with Crippen LogP contribution in [0, 0.1) is 6.92 Å². The maximum Gasteiger partial charge on any atom is 0.459 e. The molecule has 0 radical (unpaired) electrons. The number of alkyl halides is 2. The van der Waals surface area contributed by atoms with E-state index < -0.39 is 56.3 Å². The molecule has 230 valence electrons. The molecule has 3 heterocycles. The lowest BCUT2D eigenvalue weighted by molar-refractivity contribution is -0.202. The highest BCUT2D eigenvalue weighted by atomic mass is 31.2. The number of fused-ring (bicyclic) bond motifs is 1. The third kappa shape index (κ3) is 6.40. The van der Waals surface area contributed by atoms with Crippen molar-refractivity contribution < 1.29 is 41.8 Å². The number of aromatic nitrogens is 4. The number of aliphatic hydroxyl groups excluding tert-OH is 1. The molecule has 0 aliphatic carbocycles. The molecule has 2 aromatic heterocycles. The van der Waals surface area contributed by atoms with Crippen molar-refractivity contribution in [2.24, 2.45) is 0 Å². The second-order valence-electron chi connectivity index (χ2n) is 10.6. The van der Waals surface area contributed by atoms with Gasteiger partial charge in [-0.05, 0) is 46.8 Å². The van der Waals surface area contributed by atoms with E-state index in [-0.39, 0.29) is 11.4 Å². The number of nitrogens with one attached hydrogen (secondary N) is 1. The number of anilines is 1. The van der Waals surface area contributed by atoms with Crippen LogP contribution in [-0.2, 0) is 23.4 Å². The second kappa shape index (κ2) is 11.8. The molecule has 1 aliphatic rings. The molecular formula is C26H35F2N6O7P. The summed E-state index contributed by atoms with van der Waals surface area (Å²) in [7, 11) is -1.07. The van der Waals surface area contributed by atoms with Gasteiger partial charge in [-0.15, -0.1) is 0 Å². The number of halogens is 2. The Morgan fingerprint density at radius 2 is 1.90 bits per heavy atom. The Morgan fingerprint density at radius 1 is 1.24 bits per heavy atom. The third-order valence-electron chi connectivity index (χ3n) is 6.38. The molecule has 0 saturated carbocycles.